The van der Waals surface area contributed by atoms with E-state index in [1.807, 2.05) is 0 Å². The van der Waals surface area contributed by atoms with Crippen LogP contribution in [-0.4, -0.2) is 0 Å². The van der Waals surface area contributed by atoms with Crippen LogP contribution in [0.4, 0.5) is 0 Å². The Morgan fingerprint density at radius 1 is 0.941 bits per heavy atom. The molecule has 0 bridgehead atoms. The van der Waals surface area contributed by atoms with Gasteiger partial charge in [0.1, 0.15) is 0 Å². The van der Waals surface area contributed by atoms with Crippen LogP contribution in [0.3, 0.4) is 0 Å². The first-order chi connectivity index (χ1) is 6.70. The fourth-order valence-electron chi connectivity index (χ4n) is 1.81. The van der Waals surface area contributed by atoms with Gasteiger partial charge in [-0.1, -0.05) is 0 Å². The number of rotatable bonds is 1. The van der Waals surface area contributed by atoms with Crippen molar-refractivity contribution in [2.45, 2.75) is 20.3 Å². The number of hydrogen-bond donors (Lipinski definition) is 0. The molecule has 1 aliphatic rings. The molecule has 0 saturated heterocycles. The van der Waals surface area contributed by atoms with E-state index in [4.69, 9.17) is 0 Å². The Hall–Kier alpha value is 0.453. The summed E-state index contributed by atoms with van der Waals surface area (Å²) < 4.78 is 1.56. The third-order valence-electron chi connectivity index (χ3n) is 2.88. The van der Waals surface area contributed by atoms with Crippen LogP contribution < -0.4 is 37.2 Å². The average molecular weight is 367 g/mol. The van der Waals surface area contributed by atoms with Crippen molar-refractivity contribution in [1.29, 1.82) is 0 Å². The molecule has 17 heavy (non-hydrogen) atoms. The molecule has 0 atom stereocenters. The summed E-state index contributed by atoms with van der Waals surface area (Å²) in [7, 11) is 0. The molecule has 1 aromatic rings. The quantitative estimate of drug-likeness (QED) is 0.466. The smallest absolute Gasteiger partial charge is 1.00 e. The summed E-state index contributed by atoms with van der Waals surface area (Å²) in [5, 5.41) is 0. The van der Waals surface area contributed by atoms with E-state index in [1.165, 1.54) is 41.4 Å². The van der Waals surface area contributed by atoms with Crippen LogP contribution in [0.2, 0.25) is 0 Å². The van der Waals surface area contributed by atoms with E-state index in [1.54, 1.807) is 8.85 Å². The van der Waals surface area contributed by atoms with Crippen molar-refractivity contribution in [1.82, 2.24) is 0 Å². The molecule has 1 aromatic carbocycles. The molecule has 0 spiro atoms. The number of halogens is 3. The minimum atomic E-state index is 0. The van der Waals surface area contributed by atoms with Crippen LogP contribution in [0.15, 0.2) is 44.8 Å². The third kappa shape index (κ3) is 4.25. The van der Waals surface area contributed by atoms with Gasteiger partial charge in [-0.15, -0.1) is 0 Å². The van der Waals surface area contributed by atoms with Crippen molar-refractivity contribution in [3.8, 4) is 0 Å². The summed E-state index contributed by atoms with van der Waals surface area (Å²) in [5.41, 5.74) is 5.99. The maximum atomic E-state index is 2.25. The van der Waals surface area contributed by atoms with Gasteiger partial charge in [-0.3, -0.25) is 0 Å². The van der Waals surface area contributed by atoms with E-state index < -0.39 is 0 Å². The van der Waals surface area contributed by atoms with Crippen molar-refractivity contribution >= 4 is 5.57 Å². The van der Waals surface area contributed by atoms with Gasteiger partial charge >= 0.3 is 101 Å². The topological polar surface area (TPSA) is 0 Å². The van der Waals surface area contributed by atoms with Gasteiger partial charge in [0.2, 0.25) is 0 Å². The van der Waals surface area contributed by atoms with Crippen LogP contribution >= 0.6 is 0 Å². The zero-order chi connectivity index (χ0) is 10.1. The Morgan fingerprint density at radius 3 is 1.88 bits per heavy atom. The predicted molar refractivity (Wildman–Crippen MR) is 56.4 cm³/mol. The van der Waals surface area contributed by atoms with Crippen LogP contribution in [0.5, 0.6) is 0 Å². The van der Waals surface area contributed by atoms with Gasteiger partial charge in [-0.2, -0.15) is 0 Å². The zero-order valence-electron chi connectivity index (χ0n) is 9.73. The molecule has 0 aliphatic heterocycles. The summed E-state index contributed by atoms with van der Waals surface area (Å²) in [4.78, 5) is 0. The van der Waals surface area contributed by atoms with Crippen molar-refractivity contribution in [2.75, 3.05) is 0 Å². The number of hydrogen-bond acceptors (Lipinski definition) is 0. The SMILES string of the molecule is CC1=C(C)[C]([Zr+3])=C(c2ccccc2)C1.[Cl-].[Cl-].[Cl-]. The zero-order valence-corrected chi connectivity index (χ0v) is 14.5. The number of benzene rings is 1. The van der Waals surface area contributed by atoms with Gasteiger partial charge in [-0.25, -0.2) is 0 Å². The summed E-state index contributed by atoms with van der Waals surface area (Å²) in [6.07, 6.45) is 1.15. The summed E-state index contributed by atoms with van der Waals surface area (Å²) in [6, 6.07) is 10.7. The number of allylic oxidation sites excluding steroid dienone is 4. The van der Waals surface area contributed by atoms with Crippen molar-refractivity contribution in [3.63, 3.8) is 0 Å². The van der Waals surface area contributed by atoms with Crippen LogP contribution in [0.1, 0.15) is 25.8 Å². The molecular weight excluding hydrogens is 354 g/mol. The van der Waals surface area contributed by atoms with Crippen molar-refractivity contribution < 1.29 is 61.9 Å². The molecule has 0 N–H and O–H groups in total. The van der Waals surface area contributed by atoms with E-state index in [9.17, 15) is 0 Å². The summed E-state index contributed by atoms with van der Waals surface area (Å²) in [6.45, 7) is 4.49. The Labute approximate surface area is 137 Å². The third-order valence-corrected chi connectivity index (χ3v) is 4.54. The second-order valence-corrected chi connectivity index (χ2v) is 5.03. The molecule has 2 rings (SSSR count). The first-order valence-corrected chi connectivity index (χ1v) is 6.10. The van der Waals surface area contributed by atoms with E-state index in [-0.39, 0.29) is 37.2 Å². The molecule has 1 aliphatic carbocycles. The molecule has 0 amide bonds. The van der Waals surface area contributed by atoms with E-state index in [2.05, 4.69) is 44.2 Å². The molecule has 0 nitrogen and oxygen atoms in total. The molecule has 0 heterocycles. The standard InChI is InChI=1S/C13H13.3ClH.Zr/c1-10-8-13(9-11(10)2)12-6-4-3-5-7-12;;;;/h3-7H,8H2,1-2H3;3*1H;/q;;;;+3/p-3. The molecule has 0 fully saturated rings. The Balaban J connectivity index is 0. The monoisotopic (exact) mass is 364 g/mol. The fourth-order valence-corrected chi connectivity index (χ4v) is 2.91. The second kappa shape index (κ2) is 8.54. The maximum Gasteiger partial charge on any atom is -1.00 e. The van der Waals surface area contributed by atoms with E-state index in [0.717, 1.165) is 6.42 Å². The molecule has 0 unspecified atom stereocenters. The molecule has 0 aromatic heterocycles. The summed E-state index contributed by atoms with van der Waals surface area (Å²) >= 11 is 1.54. The first-order valence-electron chi connectivity index (χ1n) is 4.87. The van der Waals surface area contributed by atoms with Crippen molar-refractivity contribution in [3.05, 3.63) is 50.3 Å². The van der Waals surface area contributed by atoms with Gasteiger partial charge in [0.25, 0.3) is 0 Å². The van der Waals surface area contributed by atoms with Gasteiger partial charge in [-0.05, 0) is 0 Å². The predicted octanol–water partition coefficient (Wildman–Crippen LogP) is -5.30. The summed E-state index contributed by atoms with van der Waals surface area (Å²) in [5.74, 6) is 0. The van der Waals surface area contributed by atoms with Crippen LogP contribution in [0.25, 0.3) is 5.57 Å². The van der Waals surface area contributed by atoms with Crippen molar-refractivity contribution in [2.24, 2.45) is 0 Å². The minimum absolute atomic E-state index is 0. The first kappa shape index (κ1) is 19.8. The van der Waals surface area contributed by atoms with Gasteiger partial charge in [0, 0.05) is 0 Å². The molecule has 0 radical (unpaired) electrons. The van der Waals surface area contributed by atoms with Gasteiger partial charge in [0.15, 0.2) is 0 Å². The van der Waals surface area contributed by atoms with Gasteiger partial charge < -0.3 is 37.2 Å². The van der Waals surface area contributed by atoms with E-state index >= 15 is 0 Å². The Kier molecular flexibility index (Phi) is 9.94. The molecular formula is C13H13Cl3Zr. The largest absolute Gasteiger partial charge is 1.00 e. The minimum Gasteiger partial charge on any atom is -1.00 e. The van der Waals surface area contributed by atoms with E-state index in [0.29, 0.717) is 0 Å². The maximum absolute atomic E-state index is 2.25. The Morgan fingerprint density at radius 2 is 1.47 bits per heavy atom. The van der Waals surface area contributed by atoms with Gasteiger partial charge in [0.05, 0.1) is 0 Å². The molecule has 90 valence electrons. The second-order valence-electron chi connectivity index (χ2n) is 3.80. The molecule has 4 heteroatoms. The fraction of sp³-hybridized carbons (Fsp3) is 0.231. The molecule has 0 saturated carbocycles. The Bertz CT molecular complexity index is 422. The average Bonchev–Trinajstić information content (AvgIpc) is 2.47. The van der Waals surface area contributed by atoms with Crippen LogP contribution in [0, 0.1) is 0 Å². The normalized spacial score (nSPS) is 13.9. The van der Waals surface area contributed by atoms with Crippen LogP contribution in [-0.2, 0) is 24.7 Å².